The minimum Gasteiger partial charge on any atom is -0.440 e. The lowest BCUT2D eigenvalue weighted by atomic mass is 10.4. The van der Waals surface area contributed by atoms with E-state index in [1.54, 1.807) is 6.07 Å². The molecule has 6 heteroatoms. The Morgan fingerprint density at radius 2 is 2.43 bits per heavy atom. The number of nitrogen functional groups attached to an aromatic ring is 1. The van der Waals surface area contributed by atoms with E-state index in [1.165, 1.54) is 30.4 Å². The zero-order valence-corrected chi connectivity index (χ0v) is 7.88. The number of rotatable bonds is 2. The minimum atomic E-state index is -0.304. The third kappa shape index (κ3) is 1.64. The second kappa shape index (κ2) is 3.59. The zero-order valence-electron chi connectivity index (χ0n) is 7.06. The molecule has 0 aliphatic carbocycles. The van der Waals surface area contributed by atoms with Crippen LogP contribution in [0.25, 0.3) is 0 Å². The van der Waals surface area contributed by atoms with Crippen LogP contribution in [0.3, 0.4) is 0 Å². The first-order valence-electron chi connectivity index (χ1n) is 3.82. The highest BCUT2D eigenvalue weighted by molar-refractivity contribution is 7.99. The van der Waals surface area contributed by atoms with Gasteiger partial charge < -0.3 is 15.1 Å². The highest BCUT2D eigenvalue weighted by Gasteiger charge is 2.06. The highest BCUT2D eigenvalue weighted by atomic mass is 32.2. The molecule has 0 saturated heterocycles. The first-order chi connectivity index (χ1) is 6.77. The normalized spacial score (nSPS) is 10.3. The molecule has 14 heavy (non-hydrogen) atoms. The van der Waals surface area contributed by atoms with Crippen LogP contribution < -0.4 is 11.3 Å². The van der Waals surface area contributed by atoms with E-state index in [9.17, 15) is 4.79 Å². The van der Waals surface area contributed by atoms with Gasteiger partial charge in [-0.05, 0) is 17.8 Å². The lowest BCUT2D eigenvalue weighted by molar-refractivity contribution is 0.454. The lowest BCUT2D eigenvalue weighted by Crippen LogP contribution is -2.11. The predicted octanol–water partition coefficient (Wildman–Crippen LogP) is 1.10. The molecule has 0 aromatic carbocycles. The van der Waals surface area contributed by atoms with Crippen molar-refractivity contribution in [2.75, 3.05) is 5.73 Å². The standard InChI is InChI=1S/C8H7N3O2S/c9-6-5(1-2-10-7(6)12)14-8-11-3-4-13-8/h1-4H,9H2,(H,10,12). The molecule has 2 rings (SSSR count). The number of pyridine rings is 1. The Kier molecular flexibility index (Phi) is 2.28. The first kappa shape index (κ1) is 8.89. The topological polar surface area (TPSA) is 84.9 Å². The number of nitrogens with zero attached hydrogens (tertiary/aromatic N) is 1. The van der Waals surface area contributed by atoms with Crippen LogP contribution in [0.1, 0.15) is 0 Å². The van der Waals surface area contributed by atoms with Crippen LogP contribution in [0.4, 0.5) is 5.69 Å². The number of nitrogens with one attached hydrogen (secondary N) is 1. The minimum absolute atomic E-state index is 0.177. The summed E-state index contributed by atoms with van der Waals surface area (Å²) >= 11 is 1.21. The monoisotopic (exact) mass is 209 g/mol. The molecule has 0 radical (unpaired) electrons. The van der Waals surface area contributed by atoms with E-state index in [0.717, 1.165) is 0 Å². The number of hydrogen-bond donors (Lipinski definition) is 2. The number of nitrogens with two attached hydrogens (primary N) is 1. The van der Waals surface area contributed by atoms with Gasteiger partial charge in [0.2, 0.25) is 0 Å². The first-order valence-corrected chi connectivity index (χ1v) is 4.63. The van der Waals surface area contributed by atoms with Crippen LogP contribution in [-0.4, -0.2) is 9.97 Å². The summed E-state index contributed by atoms with van der Waals surface area (Å²) < 4.78 is 5.02. The van der Waals surface area contributed by atoms with Crippen LogP contribution in [0.15, 0.2) is 44.1 Å². The van der Waals surface area contributed by atoms with Gasteiger partial charge in [0.1, 0.15) is 12.0 Å². The van der Waals surface area contributed by atoms with Crippen molar-refractivity contribution in [1.82, 2.24) is 9.97 Å². The average Bonchev–Trinajstić information content (AvgIpc) is 2.66. The van der Waals surface area contributed by atoms with E-state index < -0.39 is 0 Å². The predicted molar refractivity (Wildman–Crippen MR) is 52.1 cm³/mol. The fourth-order valence-corrected chi connectivity index (χ4v) is 1.66. The number of aromatic amines is 1. The van der Waals surface area contributed by atoms with E-state index >= 15 is 0 Å². The van der Waals surface area contributed by atoms with E-state index in [0.29, 0.717) is 10.1 Å². The Bertz CT molecular complexity index is 478. The van der Waals surface area contributed by atoms with Crippen molar-refractivity contribution in [3.05, 3.63) is 35.1 Å². The second-order valence-electron chi connectivity index (χ2n) is 2.48. The highest BCUT2D eigenvalue weighted by Crippen LogP contribution is 2.28. The Morgan fingerprint density at radius 1 is 1.57 bits per heavy atom. The molecular weight excluding hydrogens is 202 g/mol. The van der Waals surface area contributed by atoms with Crippen molar-refractivity contribution >= 4 is 17.4 Å². The van der Waals surface area contributed by atoms with Gasteiger partial charge in [0.25, 0.3) is 10.8 Å². The molecule has 0 amide bonds. The number of hydrogen-bond acceptors (Lipinski definition) is 5. The van der Waals surface area contributed by atoms with Gasteiger partial charge in [-0.1, -0.05) is 0 Å². The van der Waals surface area contributed by atoms with Crippen LogP contribution >= 0.6 is 11.8 Å². The van der Waals surface area contributed by atoms with Crippen molar-refractivity contribution < 1.29 is 4.42 Å². The second-order valence-corrected chi connectivity index (χ2v) is 3.48. The Hall–Kier alpha value is -1.69. The summed E-state index contributed by atoms with van der Waals surface area (Å²) in [5.74, 6) is 0. The van der Waals surface area contributed by atoms with Crippen LogP contribution in [0.2, 0.25) is 0 Å². The molecule has 0 fully saturated rings. The maximum atomic E-state index is 11.1. The van der Waals surface area contributed by atoms with Crippen LogP contribution in [-0.2, 0) is 0 Å². The van der Waals surface area contributed by atoms with Gasteiger partial charge >= 0.3 is 0 Å². The van der Waals surface area contributed by atoms with Gasteiger partial charge in [0.15, 0.2) is 0 Å². The molecular formula is C8H7N3O2S. The van der Waals surface area contributed by atoms with Gasteiger partial charge in [-0.25, -0.2) is 4.98 Å². The summed E-state index contributed by atoms with van der Waals surface area (Å²) in [6.45, 7) is 0. The number of H-pyrrole nitrogens is 1. The summed E-state index contributed by atoms with van der Waals surface area (Å²) in [6.07, 6.45) is 4.53. The molecule has 72 valence electrons. The molecule has 0 aliphatic rings. The van der Waals surface area contributed by atoms with E-state index in [1.807, 2.05) is 0 Å². The Morgan fingerprint density at radius 3 is 3.14 bits per heavy atom. The van der Waals surface area contributed by atoms with Gasteiger partial charge in [0.05, 0.1) is 6.20 Å². The molecule has 0 aliphatic heterocycles. The average molecular weight is 209 g/mol. The van der Waals surface area contributed by atoms with Crippen molar-refractivity contribution in [3.8, 4) is 0 Å². The number of oxazole rings is 1. The number of aromatic nitrogens is 2. The summed E-state index contributed by atoms with van der Waals surface area (Å²) in [6, 6.07) is 1.70. The van der Waals surface area contributed by atoms with Gasteiger partial charge in [0, 0.05) is 11.1 Å². The van der Waals surface area contributed by atoms with Crippen LogP contribution in [0, 0.1) is 0 Å². The summed E-state index contributed by atoms with van der Waals surface area (Å²) in [4.78, 5) is 18.1. The molecule has 2 aromatic rings. The maximum absolute atomic E-state index is 11.1. The molecule has 2 heterocycles. The molecule has 3 N–H and O–H groups in total. The van der Waals surface area contributed by atoms with E-state index in [-0.39, 0.29) is 11.2 Å². The summed E-state index contributed by atoms with van der Waals surface area (Å²) in [5, 5.41) is 0.460. The third-order valence-corrected chi connectivity index (χ3v) is 2.52. The molecule has 0 spiro atoms. The van der Waals surface area contributed by atoms with Crippen molar-refractivity contribution in [2.24, 2.45) is 0 Å². The smallest absolute Gasteiger partial charge is 0.272 e. The summed E-state index contributed by atoms with van der Waals surface area (Å²) in [7, 11) is 0. The molecule has 0 saturated carbocycles. The van der Waals surface area contributed by atoms with E-state index in [4.69, 9.17) is 10.2 Å². The molecule has 2 aromatic heterocycles. The third-order valence-electron chi connectivity index (χ3n) is 1.57. The fraction of sp³-hybridized carbons (Fsp3) is 0. The SMILES string of the molecule is Nc1c(Sc2ncco2)cc[nH]c1=O. The molecule has 5 nitrogen and oxygen atoms in total. The summed E-state index contributed by atoms with van der Waals surface area (Å²) in [5.41, 5.74) is 5.44. The van der Waals surface area contributed by atoms with Crippen LogP contribution in [0.5, 0.6) is 0 Å². The van der Waals surface area contributed by atoms with Crippen molar-refractivity contribution in [1.29, 1.82) is 0 Å². The Balaban J connectivity index is 2.34. The molecule has 0 bridgehead atoms. The van der Waals surface area contributed by atoms with Crippen molar-refractivity contribution in [2.45, 2.75) is 10.1 Å². The largest absolute Gasteiger partial charge is 0.440 e. The lowest BCUT2D eigenvalue weighted by Gasteiger charge is -1.99. The van der Waals surface area contributed by atoms with Gasteiger partial charge in [-0.2, -0.15) is 0 Å². The van der Waals surface area contributed by atoms with Crippen molar-refractivity contribution in [3.63, 3.8) is 0 Å². The molecule has 0 atom stereocenters. The van der Waals surface area contributed by atoms with E-state index in [2.05, 4.69) is 9.97 Å². The molecule has 0 unspecified atom stereocenters. The van der Waals surface area contributed by atoms with Gasteiger partial charge in [-0.3, -0.25) is 4.79 Å². The maximum Gasteiger partial charge on any atom is 0.272 e. The zero-order chi connectivity index (χ0) is 9.97. The Labute approximate surface area is 83.3 Å². The quantitative estimate of drug-likeness (QED) is 0.773. The number of anilines is 1. The fourth-order valence-electron chi connectivity index (χ4n) is 0.916. The van der Waals surface area contributed by atoms with Gasteiger partial charge in [-0.15, -0.1) is 0 Å².